The van der Waals surface area contributed by atoms with Crippen LogP contribution in [0.2, 0.25) is 0 Å². The van der Waals surface area contributed by atoms with E-state index in [2.05, 4.69) is 20.8 Å². The van der Waals surface area contributed by atoms with Crippen LogP contribution in [-0.2, 0) is 4.79 Å². The first kappa shape index (κ1) is 14.1. The van der Waals surface area contributed by atoms with Crippen molar-refractivity contribution < 1.29 is 4.79 Å². The van der Waals surface area contributed by atoms with Crippen LogP contribution in [0.5, 0.6) is 0 Å². The molecule has 0 heterocycles. The molecule has 0 N–H and O–H groups in total. The number of amides is 1. The van der Waals surface area contributed by atoms with Gasteiger partial charge in [0.25, 0.3) is 5.91 Å². The summed E-state index contributed by atoms with van der Waals surface area (Å²) in [6.45, 7) is 7.72. The number of halogens is 2. The Morgan fingerprint density at radius 1 is 1.36 bits per heavy atom. The van der Waals surface area contributed by atoms with E-state index in [1.54, 1.807) is 4.90 Å². The van der Waals surface area contributed by atoms with Gasteiger partial charge in [0.15, 0.2) is 4.84 Å². The maximum absolute atomic E-state index is 11.5. The lowest BCUT2D eigenvalue weighted by Gasteiger charge is -2.24. The minimum absolute atomic E-state index is 0.171. The van der Waals surface area contributed by atoms with Crippen LogP contribution in [0.3, 0.4) is 0 Å². The van der Waals surface area contributed by atoms with Gasteiger partial charge in [-0.2, -0.15) is 0 Å². The predicted octanol–water partition coefficient (Wildman–Crippen LogP) is 3.07. The van der Waals surface area contributed by atoms with Crippen molar-refractivity contribution in [2.75, 3.05) is 13.1 Å². The fourth-order valence-corrected chi connectivity index (χ4v) is 1.50. The number of carbonyl (C=O) groups is 1. The molecule has 0 aliphatic rings. The smallest absolute Gasteiger partial charge is 0.255 e. The molecule has 0 saturated heterocycles. The molecule has 0 rings (SSSR count). The normalized spacial score (nSPS) is 11.1. The molecule has 0 saturated carbocycles. The quantitative estimate of drug-likeness (QED) is 0.653. The van der Waals surface area contributed by atoms with E-state index in [0.29, 0.717) is 5.92 Å². The summed E-state index contributed by atoms with van der Waals surface area (Å²) in [7, 11) is 0. The van der Waals surface area contributed by atoms with Crippen LogP contribution in [0.4, 0.5) is 0 Å². The van der Waals surface area contributed by atoms with Crippen molar-refractivity contribution in [1.29, 1.82) is 0 Å². The van der Waals surface area contributed by atoms with Gasteiger partial charge in [-0.1, -0.05) is 50.4 Å². The van der Waals surface area contributed by atoms with Gasteiger partial charge in [-0.3, -0.25) is 4.79 Å². The average Bonchev–Trinajstić information content (AvgIpc) is 2.10. The molecule has 4 heteroatoms. The topological polar surface area (TPSA) is 20.3 Å². The van der Waals surface area contributed by atoms with Gasteiger partial charge in [-0.25, -0.2) is 0 Å². The van der Waals surface area contributed by atoms with Crippen LogP contribution in [0, 0.1) is 5.92 Å². The second-order valence-corrected chi connectivity index (χ2v) is 4.93. The molecule has 0 aromatic rings. The van der Waals surface area contributed by atoms with Crippen molar-refractivity contribution >= 4 is 29.1 Å². The minimum atomic E-state index is -0.925. The summed E-state index contributed by atoms with van der Waals surface area (Å²) in [6.07, 6.45) is 2.07. The molecule has 14 heavy (non-hydrogen) atoms. The van der Waals surface area contributed by atoms with E-state index in [0.717, 1.165) is 25.9 Å². The van der Waals surface area contributed by atoms with Crippen molar-refractivity contribution in [3.05, 3.63) is 0 Å². The summed E-state index contributed by atoms with van der Waals surface area (Å²) in [5.41, 5.74) is 0. The van der Waals surface area contributed by atoms with Crippen LogP contribution < -0.4 is 0 Å². The molecule has 1 amide bonds. The highest BCUT2D eigenvalue weighted by Crippen LogP contribution is 2.10. The van der Waals surface area contributed by atoms with Crippen LogP contribution in [0.25, 0.3) is 0 Å². The van der Waals surface area contributed by atoms with E-state index in [-0.39, 0.29) is 5.91 Å². The number of unbranched alkanes of at least 4 members (excludes halogenated alkanes) is 1. The summed E-state index contributed by atoms with van der Waals surface area (Å²) >= 11 is 11.1. The van der Waals surface area contributed by atoms with Gasteiger partial charge in [-0.05, 0) is 12.3 Å². The first-order valence-electron chi connectivity index (χ1n) is 5.06. The van der Waals surface area contributed by atoms with Gasteiger partial charge in [0.1, 0.15) is 0 Å². The first-order valence-corrected chi connectivity index (χ1v) is 5.93. The standard InChI is InChI=1S/C10H19Cl2NO/c1-4-5-6-13(7-8(2)3)10(14)9(11)12/h8-9H,4-7H2,1-3H3. The molecule has 0 fully saturated rings. The summed E-state index contributed by atoms with van der Waals surface area (Å²) in [4.78, 5) is 12.4. The van der Waals surface area contributed by atoms with Crippen LogP contribution >= 0.6 is 23.2 Å². The Kier molecular flexibility index (Phi) is 7.38. The second-order valence-electron chi connectivity index (χ2n) is 3.83. The van der Waals surface area contributed by atoms with E-state index in [9.17, 15) is 4.79 Å². The monoisotopic (exact) mass is 239 g/mol. The molecule has 0 aromatic heterocycles. The minimum Gasteiger partial charge on any atom is -0.340 e. The number of hydrogen-bond acceptors (Lipinski definition) is 1. The first-order chi connectivity index (χ1) is 6.49. The largest absolute Gasteiger partial charge is 0.340 e. The molecule has 0 aliphatic carbocycles. The fourth-order valence-electron chi connectivity index (χ4n) is 1.22. The third kappa shape index (κ3) is 5.71. The highest BCUT2D eigenvalue weighted by atomic mass is 35.5. The number of nitrogens with zero attached hydrogens (tertiary/aromatic N) is 1. The van der Waals surface area contributed by atoms with Crippen molar-refractivity contribution in [3.8, 4) is 0 Å². The van der Waals surface area contributed by atoms with Crippen molar-refractivity contribution in [3.63, 3.8) is 0 Å². The van der Waals surface area contributed by atoms with E-state index in [4.69, 9.17) is 23.2 Å². The fraction of sp³-hybridized carbons (Fsp3) is 0.900. The Bertz CT molecular complexity index is 172. The molecule has 0 unspecified atom stereocenters. The van der Waals surface area contributed by atoms with E-state index >= 15 is 0 Å². The van der Waals surface area contributed by atoms with Gasteiger partial charge in [-0.15, -0.1) is 0 Å². The zero-order valence-electron chi connectivity index (χ0n) is 9.09. The lowest BCUT2D eigenvalue weighted by molar-refractivity contribution is -0.129. The maximum Gasteiger partial charge on any atom is 0.255 e. The molecule has 0 aliphatic heterocycles. The van der Waals surface area contributed by atoms with Gasteiger partial charge >= 0.3 is 0 Å². The van der Waals surface area contributed by atoms with Crippen molar-refractivity contribution in [2.24, 2.45) is 5.92 Å². The molecular weight excluding hydrogens is 221 g/mol. The number of rotatable bonds is 6. The molecule has 0 bridgehead atoms. The highest BCUT2D eigenvalue weighted by Gasteiger charge is 2.20. The number of alkyl halides is 2. The average molecular weight is 240 g/mol. The van der Waals surface area contributed by atoms with Crippen LogP contribution in [-0.4, -0.2) is 28.7 Å². The number of carbonyl (C=O) groups excluding carboxylic acids is 1. The molecule has 84 valence electrons. The van der Waals surface area contributed by atoms with Gasteiger partial charge in [0.05, 0.1) is 0 Å². The van der Waals surface area contributed by atoms with Gasteiger partial charge < -0.3 is 4.90 Å². The molecule has 0 atom stereocenters. The Morgan fingerprint density at radius 3 is 2.29 bits per heavy atom. The molecule has 0 radical (unpaired) electrons. The molecule has 2 nitrogen and oxygen atoms in total. The lowest BCUT2D eigenvalue weighted by atomic mass is 10.2. The van der Waals surface area contributed by atoms with Crippen molar-refractivity contribution in [2.45, 2.75) is 38.4 Å². The SMILES string of the molecule is CCCCN(CC(C)C)C(=O)C(Cl)Cl. The molecule has 0 aromatic carbocycles. The van der Waals surface area contributed by atoms with Crippen molar-refractivity contribution in [1.82, 2.24) is 4.90 Å². The third-order valence-corrected chi connectivity index (χ3v) is 2.24. The highest BCUT2D eigenvalue weighted by molar-refractivity contribution is 6.53. The molecular formula is C10H19Cl2NO. The lowest BCUT2D eigenvalue weighted by Crippen LogP contribution is -2.38. The zero-order chi connectivity index (χ0) is 11.1. The van der Waals surface area contributed by atoms with E-state index in [1.807, 2.05) is 0 Å². The summed E-state index contributed by atoms with van der Waals surface area (Å²) in [5, 5.41) is 0. The Morgan fingerprint density at radius 2 is 1.93 bits per heavy atom. The van der Waals surface area contributed by atoms with Crippen LogP contribution in [0.1, 0.15) is 33.6 Å². The second kappa shape index (κ2) is 7.36. The Balaban J connectivity index is 4.15. The zero-order valence-corrected chi connectivity index (χ0v) is 10.6. The summed E-state index contributed by atoms with van der Waals surface area (Å²) in [5.74, 6) is 0.276. The number of hydrogen-bond donors (Lipinski definition) is 0. The maximum atomic E-state index is 11.5. The Hall–Kier alpha value is 0.0500. The predicted molar refractivity (Wildman–Crippen MR) is 61.8 cm³/mol. The van der Waals surface area contributed by atoms with E-state index in [1.165, 1.54) is 0 Å². The van der Waals surface area contributed by atoms with Gasteiger partial charge in [0.2, 0.25) is 0 Å². The van der Waals surface area contributed by atoms with E-state index < -0.39 is 4.84 Å². The molecule has 0 spiro atoms. The third-order valence-electron chi connectivity index (χ3n) is 1.87. The van der Waals surface area contributed by atoms with Crippen LogP contribution in [0.15, 0.2) is 0 Å². The van der Waals surface area contributed by atoms with Gasteiger partial charge in [0, 0.05) is 13.1 Å². The summed E-state index contributed by atoms with van der Waals surface area (Å²) < 4.78 is 0. The summed E-state index contributed by atoms with van der Waals surface area (Å²) in [6, 6.07) is 0. The Labute approximate surface area is 96.6 Å².